The summed E-state index contributed by atoms with van der Waals surface area (Å²) in [7, 11) is 3.03. The predicted octanol–water partition coefficient (Wildman–Crippen LogP) is 1.73. The van der Waals surface area contributed by atoms with Crippen molar-refractivity contribution in [3.8, 4) is 11.5 Å². The van der Waals surface area contributed by atoms with Gasteiger partial charge in [0.2, 0.25) is 0 Å². The minimum Gasteiger partial charge on any atom is -0.497 e. The lowest BCUT2D eigenvalue weighted by atomic mass is 10.2. The van der Waals surface area contributed by atoms with Gasteiger partial charge in [0.1, 0.15) is 22.9 Å². The Kier molecular flexibility index (Phi) is 6.85. The SMILES string of the molecule is COc1cc(NC(=O)COC(=O)c2cccnc2N2CCOCC2)cc(OC)c1. The first-order valence-corrected chi connectivity index (χ1v) is 9.08. The number of anilines is 2. The Balaban J connectivity index is 1.62. The summed E-state index contributed by atoms with van der Waals surface area (Å²) in [5.41, 5.74) is 0.780. The van der Waals surface area contributed by atoms with Crippen LogP contribution in [0.15, 0.2) is 36.5 Å². The summed E-state index contributed by atoms with van der Waals surface area (Å²) >= 11 is 0. The highest BCUT2D eigenvalue weighted by Gasteiger charge is 2.21. The molecule has 0 bridgehead atoms. The van der Waals surface area contributed by atoms with Gasteiger partial charge in [-0.2, -0.15) is 0 Å². The van der Waals surface area contributed by atoms with Crippen molar-refractivity contribution in [2.45, 2.75) is 0 Å². The summed E-state index contributed by atoms with van der Waals surface area (Å²) < 4.78 is 20.9. The summed E-state index contributed by atoms with van der Waals surface area (Å²) in [6, 6.07) is 8.25. The third-order valence-electron chi connectivity index (χ3n) is 4.29. The van der Waals surface area contributed by atoms with E-state index in [1.165, 1.54) is 14.2 Å². The second-order valence-corrected chi connectivity index (χ2v) is 6.20. The van der Waals surface area contributed by atoms with Crippen LogP contribution in [0.2, 0.25) is 0 Å². The second kappa shape index (κ2) is 9.74. The van der Waals surface area contributed by atoms with Crippen molar-refractivity contribution in [1.82, 2.24) is 4.98 Å². The van der Waals surface area contributed by atoms with E-state index >= 15 is 0 Å². The number of hydrogen-bond donors (Lipinski definition) is 1. The number of rotatable bonds is 7. The Bertz CT molecular complexity index is 845. The molecule has 1 aromatic heterocycles. The minimum atomic E-state index is -0.613. The lowest BCUT2D eigenvalue weighted by Gasteiger charge is -2.28. The average molecular weight is 401 g/mol. The van der Waals surface area contributed by atoms with Crippen molar-refractivity contribution in [2.24, 2.45) is 0 Å². The van der Waals surface area contributed by atoms with E-state index in [-0.39, 0.29) is 0 Å². The van der Waals surface area contributed by atoms with Crippen molar-refractivity contribution in [3.05, 3.63) is 42.1 Å². The maximum Gasteiger partial charge on any atom is 0.342 e. The van der Waals surface area contributed by atoms with E-state index in [9.17, 15) is 9.59 Å². The lowest BCUT2D eigenvalue weighted by Crippen LogP contribution is -2.37. The zero-order chi connectivity index (χ0) is 20.6. The maximum absolute atomic E-state index is 12.5. The van der Waals surface area contributed by atoms with E-state index in [0.29, 0.717) is 54.9 Å². The van der Waals surface area contributed by atoms with E-state index < -0.39 is 18.5 Å². The number of carbonyl (C=O) groups excluding carboxylic acids is 2. The fourth-order valence-corrected chi connectivity index (χ4v) is 2.87. The van der Waals surface area contributed by atoms with Crippen molar-refractivity contribution in [1.29, 1.82) is 0 Å². The predicted molar refractivity (Wildman–Crippen MR) is 106 cm³/mol. The first kappa shape index (κ1) is 20.4. The van der Waals surface area contributed by atoms with Gasteiger partial charge in [-0.15, -0.1) is 0 Å². The Morgan fingerprint density at radius 1 is 1.14 bits per heavy atom. The normalized spacial score (nSPS) is 13.5. The fourth-order valence-electron chi connectivity index (χ4n) is 2.87. The topological polar surface area (TPSA) is 99.2 Å². The van der Waals surface area contributed by atoms with E-state index in [4.69, 9.17) is 18.9 Å². The molecule has 0 spiro atoms. The molecule has 154 valence electrons. The quantitative estimate of drug-likeness (QED) is 0.701. The van der Waals surface area contributed by atoms with Gasteiger partial charge in [0.25, 0.3) is 5.91 Å². The van der Waals surface area contributed by atoms with Crippen LogP contribution in [0.5, 0.6) is 11.5 Å². The molecule has 0 saturated carbocycles. The molecule has 1 fully saturated rings. The molecule has 1 aliphatic rings. The molecular weight excluding hydrogens is 378 g/mol. The molecule has 2 aromatic rings. The Hall–Kier alpha value is -3.33. The number of methoxy groups -OCH3 is 2. The number of hydrogen-bond acceptors (Lipinski definition) is 8. The number of nitrogens with one attached hydrogen (secondary N) is 1. The second-order valence-electron chi connectivity index (χ2n) is 6.20. The molecule has 9 heteroatoms. The number of benzene rings is 1. The molecule has 0 aliphatic carbocycles. The number of amides is 1. The van der Waals surface area contributed by atoms with E-state index in [1.54, 1.807) is 36.5 Å². The monoisotopic (exact) mass is 401 g/mol. The standard InChI is InChI=1S/C20H23N3O6/c1-26-15-10-14(11-16(12-15)27-2)22-18(24)13-29-20(25)17-4-3-5-21-19(17)23-6-8-28-9-7-23/h3-5,10-12H,6-9,13H2,1-2H3,(H,22,24). The van der Waals surface area contributed by atoms with Gasteiger partial charge in [0, 0.05) is 43.2 Å². The van der Waals surface area contributed by atoms with Crippen LogP contribution in [0.4, 0.5) is 11.5 Å². The van der Waals surface area contributed by atoms with Crippen molar-refractivity contribution in [3.63, 3.8) is 0 Å². The van der Waals surface area contributed by atoms with Gasteiger partial charge < -0.3 is 29.2 Å². The Labute approximate surface area is 168 Å². The molecule has 1 aliphatic heterocycles. The van der Waals surface area contributed by atoms with E-state index in [1.807, 2.05) is 4.90 Å². The molecule has 0 radical (unpaired) electrons. The van der Waals surface area contributed by atoms with Gasteiger partial charge >= 0.3 is 5.97 Å². The van der Waals surface area contributed by atoms with Gasteiger partial charge in [-0.05, 0) is 12.1 Å². The number of carbonyl (C=O) groups is 2. The highest BCUT2D eigenvalue weighted by molar-refractivity contribution is 5.98. The summed E-state index contributed by atoms with van der Waals surface area (Å²) in [5.74, 6) is 0.492. The molecule has 3 rings (SSSR count). The van der Waals surface area contributed by atoms with Crippen molar-refractivity contribution >= 4 is 23.4 Å². The Morgan fingerprint density at radius 3 is 2.48 bits per heavy atom. The third-order valence-corrected chi connectivity index (χ3v) is 4.29. The average Bonchev–Trinajstić information content (AvgIpc) is 2.77. The zero-order valence-electron chi connectivity index (χ0n) is 16.3. The molecule has 29 heavy (non-hydrogen) atoms. The molecule has 1 N–H and O–H groups in total. The molecule has 1 aromatic carbocycles. The highest BCUT2D eigenvalue weighted by atomic mass is 16.5. The molecular formula is C20H23N3O6. The van der Waals surface area contributed by atoms with Crippen LogP contribution >= 0.6 is 0 Å². The number of morpholine rings is 1. The van der Waals surface area contributed by atoms with Gasteiger partial charge in [-0.25, -0.2) is 9.78 Å². The van der Waals surface area contributed by atoms with Gasteiger partial charge in [0.05, 0.1) is 27.4 Å². The number of ether oxygens (including phenoxy) is 4. The molecule has 1 amide bonds. The van der Waals surface area contributed by atoms with E-state index in [0.717, 1.165) is 0 Å². The number of nitrogens with zero attached hydrogens (tertiary/aromatic N) is 2. The summed E-state index contributed by atoms with van der Waals surface area (Å²) in [5, 5.41) is 2.66. The number of pyridine rings is 1. The van der Waals surface area contributed by atoms with Crippen LogP contribution in [0.3, 0.4) is 0 Å². The van der Waals surface area contributed by atoms with Gasteiger partial charge in [-0.1, -0.05) is 0 Å². The minimum absolute atomic E-state index is 0.310. The summed E-state index contributed by atoms with van der Waals surface area (Å²) in [6.07, 6.45) is 1.62. The van der Waals surface area contributed by atoms with Crippen molar-refractivity contribution in [2.75, 3.05) is 57.3 Å². The number of esters is 1. The smallest absolute Gasteiger partial charge is 0.342 e. The fraction of sp³-hybridized carbons (Fsp3) is 0.350. The van der Waals surface area contributed by atoms with Crippen LogP contribution < -0.4 is 19.7 Å². The van der Waals surface area contributed by atoms with E-state index in [2.05, 4.69) is 10.3 Å². The third kappa shape index (κ3) is 5.35. The van der Waals surface area contributed by atoms with Crippen LogP contribution in [-0.2, 0) is 14.3 Å². The number of aromatic nitrogens is 1. The van der Waals surface area contributed by atoms with Crippen LogP contribution in [0, 0.1) is 0 Å². The lowest BCUT2D eigenvalue weighted by molar-refractivity contribution is -0.119. The summed E-state index contributed by atoms with van der Waals surface area (Å²) in [4.78, 5) is 31.0. The molecule has 0 unspecified atom stereocenters. The van der Waals surface area contributed by atoms with Crippen LogP contribution in [-0.4, -0.2) is 64.0 Å². The van der Waals surface area contributed by atoms with Gasteiger partial charge in [0.15, 0.2) is 6.61 Å². The first-order chi connectivity index (χ1) is 14.1. The van der Waals surface area contributed by atoms with Gasteiger partial charge in [-0.3, -0.25) is 4.79 Å². The maximum atomic E-state index is 12.5. The highest BCUT2D eigenvalue weighted by Crippen LogP contribution is 2.25. The molecule has 2 heterocycles. The molecule has 9 nitrogen and oxygen atoms in total. The zero-order valence-corrected chi connectivity index (χ0v) is 16.3. The Morgan fingerprint density at radius 2 is 1.83 bits per heavy atom. The van der Waals surface area contributed by atoms with Crippen LogP contribution in [0.25, 0.3) is 0 Å². The van der Waals surface area contributed by atoms with Crippen molar-refractivity contribution < 1.29 is 28.5 Å². The largest absolute Gasteiger partial charge is 0.497 e. The summed E-state index contributed by atoms with van der Waals surface area (Å²) in [6.45, 7) is 1.97. The molecule has 1 saturated heterocycles. The first-order valence-electron chi connectivity index (χ1n) is 9.08. The van der Waals surface area contributed by atoms with Crippen LogP contribution in [0.1, 0.15) is 10.4 Å². The molecule has 0 atom stereocenters.